The zero-order valence-corrected chi connectivity index (χ0v) is 20.6. The summed E-state index contributed by atoms with van der Waals surface area (Å²) in [7, 11) is 1.61. The van der Waals surface area contributed by atoms with Crippen molar-refractivity contribution >= 4 is 12.2 Å². The van der Waals surface area contributed by atoms with E-state index >= 15 is 0 Å². The van der Waals surface area contributed by atoms with Crippen LogP contribution in [0.5, 0.6) is 11.5 Å². The summed E-state index contributed by atoms with van der Waals surface area (Å²) in [5.41, 5.74) is 7.28. The van der Waals surface area contributed by atoms with E-state index < -0.39 is 0 Å². The average molecular weight is 501 g/mol. The van der Waals surface area contributed by atoms with Crippen molar-refractivity contribution in [2.45, 2.75) is 20.1 Å². The fourth-order valence-corrected chi connectivity index (χ4v) is 3.86. The molecule has 5 aromatic rings. The standard InChI is InChI=1S/C25H24N8O2S/c1-17-8-11-20(12-9-17)32-23(27-30-31-32)16-35-21-13-10-18(14-22(21)34-2)15-26-33-24(28-29-25(33)36)19-6-4-3-5-7-19/h3-14,26H,15-16H2,1-2H3,(H,29,36). The monoisotopic (exact) mass is 500 g/mol. The van der Waals surface area contributed by atoms with Crippen LogP contribution in [0.2, 0.25) is 0 Å². The van der Waals surface area contributed by atoms with Gasteiger partial charge in [0.05, 0.1) is 19.3 Å². The Labute approximate surface area is 212 Å². The molecular formula is C25H24N8O2S. The number of methoxy groups -OCH3 is 1. The summed E-state index contributed by atoms with van der Waals surface area (Å²) >= 11 is 5.40. The van der Waals surface area contributed by atoms with Crippen LogP contribution in [0.25, 0.3) is 17.1 Å². The lowest BCUT2D eigenvalue weighted by Gasteiger charge is -2.14. The van der Waals surface area contributed by atoms with E-state index in [0.29, 0.717) is 34.5 Å². The molecule has 0 spiro atoms. The molecule has 0 aliphatic rings. The number of benzene rings is 3. The smallest absolute Gasteiger partial charge is 0.214 e. The van der Waals surface area contributed by atoms with E-state index in [1.807, 2.05) is 79.7 Å². The molecule has 36 heavy (non-hydrogen) atoms. The molecule has 2 aromatic heterocycles. The van der Waals surface area contributed by atoms with Gasteiger partial charge in [-0.25, -0.2) is 9.77 Å². The van der Waals surface area contributed by atoms with E-state index in [9.17, 15) is 0 Å². The maximum Gasteiger partial charge on any atom is 0.214 e. The number of tetrazole rings is 1. The normalized spacial score (nSPS) is 10.8. The van der Waals surface area contributed by atoms with Gasteiger partial charge in [0.1, 0.15) is 0 Å². The van der Waals surface area contributed by atoms with E-state index in [1.165, 1.54) is 0 Å². The van der Waals surface area contributed by atoms with E-state index in [1.54, 1.807) is 16.5 Å². The predicted molar refractivity (Wildman–Crippen MR) is 137 cm³/mol. The molecule has 182 valence electrons. The number of hydrogen-bond donors (Lipinski definition) is 2. The van der Waals surface area contributed by atoms with Crippen LogP contribution in [0.15, 0.2) is 72.8 Å². The second kappa shape index (κ2) is 10.4. The molecular weight excluding hydrogens is 476 g/mol. The van der Waals surface area contributed by atoms with Gasteiger partial charge in [-0.3, -0.25) is 0 Å². The molecule has 0 bridgehead atoms. The van der Waals surface area contributed by atoms with Crippen molar-refractivity contribution in [3.8, 4) is 28.6 Å². The van der Waals surface area contributed by atoms with Crippen molar-refractivity contribution in [2.75, 3.05) is 12.5 Å². The molecule has 0 fully saturated rings. The van der Waals surface area contributed by atoms with E-state index in [-0.39, 0.29) is 6.61 Å². The summed E-state index contributed by atoms with van der Waals surface area (Å²) in [6.07, 6.45) is 0. The van der Waals surface area contributed by atoms with Gasteiger partial charge in [0.25, 0.3) is 0 Å². The third-order valence-corrected chi connectivity index (χ3v) is 5.82. The van der Waals surface area contributed by atoms with Crippen LogP contribution >= 0.6 is 12.2 Å². The fourth-order valence-electron chi connectivity index (χ4n) is 3.66. The molecule has 0 saturated heterocycles. The first-order chi connectivity index (χ1) is 17.6. The van der Waals surface area contributed by atoms with Gasteiger partial charge in [0.2, 0.25) is 4.77 Å². The van der Waals surface area contributed by atoms with Crippen molar-refractivity contribution in [3.63, 3.8) is 0 Å². The molecule has 2 heterocycles. The van der Waals surface area contributed by atoms with Crippen molar-refractivity contribution in [1.29, 1.82) is 0 Å². The first kappa shape index (κ1) is 23.2. The molecule has 11 heteroatoms. The number of nitrogens with one attached hydrogen (secondary N) is 2. The zero-order chi connectivity index (χ0) is 24.9. The molecule has 0 unspecified atom stereocenters. The Kier molecular flexibility index (Phi) is 6.72. The Hall–Kier alpha value is -4.51. The van der Waals surface area contributed by atoms with Gasteiger partial charge in [-0.1, -0.05) is 54.1 Å². The summed E-state index contributed by atoms with van der Waals surface area (Å²) in [6.45, 7) is 2.71. The van der Waals surface area contributed by atoms with Crippen molar-refractivity contribution < 1.29 is 9.47 Å². The molecule has 0 aliphatic heterocycles. The van der Waals surface area contributed by atoms with E-state index in [2.05, 4.69) is 31.1 Å². The molecule has 0 radical (unpaired) electrons. The maximum atomic E-state index is 6.01. The lowest BCUT2D eigenvalue weighted by atomic mass is 10.2. The number of rotatable bonds is 9. The molecule has 0 atom stereocenters. The summed E-state index contributed by atoms with van der Waals surface area (Å²) in [5.74, 6) is 2.47. The largest absolute Gasteiger partial charge is 0.493 e. The number of nitrogens with zero attached hydrogens (tertiary/aromatic N) is 6. The third-order valence-electron chi connectivity index (χ3n) is 5.54. The number of ether oxygens (including phenoxy) is 2. The minimum Gasteiger partial charge on any atom is -0.493 e. The molecule has 0 amide bonds. The molecule has 5 rings (SSSR count). The van der Waals surface area contributed by atoms with Crippen LogP contribution in [0, 0.1) is 11.7 Å². The number of aryl methyl sites for hydroxylation is 1. The van der Waals surface area contributed by atoms with Gasteiger partial charge in [-0.2, -0.15) is 9.78 Å². The Balaban J connectivity index is 1.28. The Morgan fingerprint density at radius 3 is 2.58 bits per heavy atom. The van der Waals surface area contributed by atoms with Crippen molar-refractivity contribution in [1.82, 2.24) is 35.1 Å². The van der Waals surface area contributed by atoms with Crippen molar-refractivity contribution in [3.05, 3.63) is 94.5 Å². The van der Waals surface area contributed by atoms with E-state index in [0.717, 1.165) is 22.4 Å². The minimum atomic E-state index is 0.180. The van der Waals surface area contributed by atoms with Gasteiger partial charge in [0.15, 0.2) is 29.8 Å². The third kappa shape index (κ3) is 4.96. The number of H-pyrrole nitrogens is 1. The van der Waals surface area contributed by atoms with Crippen molar-refractivity contribution in [2.24, 2.45) is 0 Å². The number of hydrogen-bond acceptors (Lipinski definition) is 8. The zero-order valence-electron chi connectivity index (χ0n) is 19.8. The fraction of sp³-hybridized carbons (Fsp3) is 0.160. The highest BCUT2D eigenvalue weighted by atomic mass is 32.1. The number of aromatic nitrogens is 7. The first-order valence-electron chi connectivity index (χ1n) is 11.2. The molecule has 10 nitrogen and oxygen atoms in total. The molecule has 3 aromatic carbocycles. The maximum absolute atomic E-state index is 6.01. The number of aromatic amines is 1. The second-order valence-corrected chi connectivity index (χ2v) is 8.39. The Morgan fingerprint density at radius 2 is 1.81 bits per heavy atom. The van der Waals surface area contributed by atoms with Crippen LogP contribution in [-0.4, -0.2) is 42.2 Å². The highest BCUT2D eigenvalue weighted by Crippen LogP contribution is 2.29. The summed E-state index contributed by atoms with van der Waals surface area (Å²) in [4.78, 5) is 0. The quantitative estimate of drug-likeness (QED) is 0.290. The summed E-state index contributed by atoms with van der Waals surface area (Å²) < 4.78 is 15.5. The van der Waals surface area contributed by atoms with Crippen LogP contribution in [0.4, 0.5) is 0 Å². The van der Waals surface area contributed by atoms with Gasteiger partial charge >= 0.3 is 0 Å². The first-order valence-corrected chi connectivity index (χ1v) is 11.6. The highest BCUT2D eigenvalue weighted by molar-refractivity contribution is 7.71. The Morgan fingerprint density at radius 1 is 1.00 bits per heavy atom. The second-order valence-electron chi connectivity index (χ2n) is 8.01. The lowest BCUT2D eigenvalue weighted by molar-refractivity contribution is 0.273. The SMILES string of the molecule is COc1cc(CNn2c(-c3ccccc3)n[nH]c2=S)ccc1OCc1nnnn1-c1ccc(C)cc1. The highest BCUT2D eigenvalue weighted by Gasteiger charge is 2.13. The van der Waals surface area contributed by atoms with Gasteiger partial charge < -0.3 is 14.9 Å². The van der Waals surface area contributed by atoms with Crippen LogP contribution in [0.1, 0.15) is 17.0 Å². The Bertz CT molecular complexity index is 1510. The topological polar surface area (TPSA) is 108 Å². The molecule has 0 aliphatic carbocycles. The van der Waals surface area contributed by atoms with Gasteiger partial charge in [-0.15, -0.1) is 5.10 Å². The van der Waals surface area contributed by atoms with E-state index in [4.69, 9.17) is 21.7 Å². The molecule has 0 saturated carbocycles. The van der Waals surface area contributed by atoms with Gasteiger partial charge in [0, 0.05) is 5.56 Å². The summed E-state index contributed by atoms with van der Waals surface area (Å²) in [5, 5.41) is 19.2. The van der Waals surface area contributed by atoms with Crippen LogP contribution < -0.4 is 14.9 Å². The predicted octanol–water partition coefficient (Wildman–Crippen LogP) is 4.22. The molecule has 2 N–H and O–H groups in total. The summed E-state index contributed by atoms with van der Waals surface area (Å²) in [6, 6.07) is 23.5. The van der Waals surface area contributed by atoms with Crippen LogP contribution in [-0.2, 0) is 13.2 Å². The lowest BCUT2D eigenvalue weighted by Crippen LogP contribution is -2.16. The minimum absolute atomic E-state index is 0.180. The van der Waals surface area contributed by atoms with Gasteiger partial charge in [-0.05, 0) is 59.4 Å². The van der Waals surface area contributed by atoms with Crippen LogP contribution in [0.3, 0.4) is 0 Å². The average Bonchev–Trinajstić information content (AvgIpc) is 3.53.